The molecule has 3 heterocycles. The summed E-state index contributed by atoms with van der Waals surface area (Å²) in [5.41, 5.74) is 2.27. The molecule has 1 saturated heterocycles. The summed E-state index contributed by atoms with van der Waals surface area (Å²) in [7, 11) is 0. The van der Waals surface area contributed by atoms with Gasteiger partial charge in [0.2, 0.25) is 0 Å². The molecule has 2 aromatic heterocycles. The molecule has 2 aromatic rings. The summed E-state index contributed by atoms with van der Waals surface area (Å²) >= 11 is 3.57. The average Bonchev–Trinajstić information content (AvgIpc) is 2.85. The van der Waals surface area contributed by atoms with Crippen LogP contribution in [0.25, 0.3) is 5.65 Å². The van der Waals surface area contributed by atoms with Crippen LogP contribution in [0.1, 0.15) is 24.6 Å². The molecule has 1 N–H and O–H groups in total. The summed E-state index contributed by atoms with van der Waals surface area (Å²) in [6.45, 7) is 1.11. The number of halogens is 1. The van der Waals surface area contributed by atoms with E-state index in [0.29, 0.717) is 6.04 Å². The molecule has 0 aliphatic carbocycles. The van der Waals surface area contributed by atoms with E-state index < -0.39 is 0 Å². The zero-order valence-corrected chi connectivity index (χ0v) is 9.87. The lowest BCUT2D eigenvalue weighted by molar-refractivity contribution is 0.620. The van der Waals surface area contributed by atoms with Crippen LogP contribution >= 0.6 is 15.9 Å². The van der Waals surface area contributed by atoms with Gasteiger partial charge in [-0.15, -0.1) is 0 Å². The van der Waals surface area contributed by atoms with Crippen LogP contribution in [0.4, 0.5) is 0 Å². The van der Waals surface area contributed by atoms with Gasteiger partial charge in [-0.2, -0.15) is 0 Å². The van der Waals surface area contributed by atoms with Crippen molar-refractivity contribution in [3.63, 3.8) is 0 Å². The number of nitrogens with zero attached hydrogens (tertiary/aromatic N) is 2. The summed E-state index contributed by atoms with van der Waals surface area (Å²) in [5, 5.41) is 3.50. The molecule has 4 heteroatoms. The Bertz CT molecular complexity index is 486. The number of imidazole rings is 1. The molecule has 0 bridgehead atoms. The standard InChI is InChI=1S/C11H12BrN3/c12-10-4-1-5-11-14-7-9(15(10)11)8-3-2-6-13-8/h1,4-5,7-8,13H,2-3,6H2. The van der Waals surface area contributed by atoms with Gasteiger partial charge in [-0.3, -0.25) is 4.40 Å². The van der Waals surface area contributed by atoms with Crippen molar-refractivity contribution >= 4 is 21.6 Å². The van der Waals surface area contributed by atoms with Gasteiger partial charge in [-0.05, 0) is 47.4 Å². The summed E-state index contributed by atoms with van der Waals surface area (Å²) in [4.78, 5) is 4.42. The molecule has 0 spiro atoms. The Morgan fingerprint density at radius 1 is 1.47 bits per heavy atom. The van der Waals surface area contributed by atoms with Crippen molar-refractivity contribution in [1.29, 1.82) is 0 Å². The smallest absolute Gasteiger partial charge is 0.137 e. The molecule has 0 radical (unpaired) electrons. The Hall–Kier alpha value is -0.870. The van der Waals surface area contributed by atoms with Gasteiger partial charge in [0.25, 0.3) is 0 Å². The van der Waals surface area contributed by atoms with Gasteiger partial charge in [0.1, 0.15) is 5.65 Å². The van der Waals surface area contributed by atoms with E-state index in [1.807, 2.05) is 24.4 Å². The van der Waals surface area contributed by atoms with Crippen molar-refractivity contribution in [2.24, 2.45) is 0 Å². The quantitative estimate of drug-likeness (QED) is 0.804. The third kappa shape index (κ3) is 1.48. The molecular weight excluding hydrogens is 254 g/mol. The van der Waals surface area contributed by atoms with Crippen LogP contribution in [-0.4, -0.2) is 15.9 Å². The van der Waals surface area contributed by atoms with Gasteiger partial charge < -0.3 is 5.32 Å². The molecule has 3 nitrogen and oxygen atoms in total. The Balaban J connectivity index is 2.18. The van der Waals surface area contributed by atoms with Gasteiger partial charge in [0, 0.05) is 6.04 Å². The van der Waals surface area contributed by atoms with Crippen LogP contribution in [0.5, 0.6) is 0 Å². The third-order valence-corrected chi connectivity index (χ3v) is 3.55. The first-order chi connectivity index (χ1) is 7.36. The molecule has 15 heavy (non-hydrogen) atoms. The number of hydrogen-bond acceptors (Lipinski definition) is 2. The lowest BCUT2D eigenvalue weighted by Gasteiger charge is -2.10. The predicted octanol–water partition coefficient (Wildman–Crippen LogP) is 2.52. The molecule has 1 fully saturated rings. The highest BCUT2D eigenvalue weighted by atomic mass is 79.9. The third-order valence-electron chi connectivity index (χ3n) is 2.93. The maximum absolute atomic E-state index is 4.42. The van der Waals surface area contributed by atoms with E-state index in [1.54, 1.807) is 0 Å². The molecule has 0 amide bonds. The fraction of sp³-hybridized carbons (Fsp3) is 0.364. The van der Waals surface area contributed by atoms with Crippen molar-refractivity contribution in [1.82, 2.24) is 14.7 Å². The van der Waals surface area contributed by atoms with Crippen LogP contribution in [0, 0.1) is 0 Å². The van der Waals surface area contributed by atoms with Crippen molar-refractivity contribution in [2.45, 2.75) is 18.9 Å². The second kappa shape index (κ2) is 3.61. The van der Waals surface area contributed by atoms with E-state index in [4.69, 9.17) is 0 Å². The lowest BCUT2D eigenvalue weighted by atomic mass is 10.2. The van der Waals surface area contributed by atoms with Gasteiger partial charge in [0.15, 0.2) is 0 Å². The lowest BCUT2D eigenvalue weighted by Crippen LogP contribution is -2.14. The highest BCUT2D eigenvalue weighted by molar-refractivity contribution is 9.10. The Labute approximate surface area is 96.6 Å². The Kier molecular flexibility index (Phi) is 2.25. The summed E-state index contributed by atoms with van der Waals surface area (Å²) < 4.78 is 3.24. The number of rotatable bonds is 1. The minimum atomic E-state index is 0.457. The van der Waals surface area contributed by atoms with E-state index in [1.165, 1.54) is 18.5 Å². The molecule has 3 rings (SSSR count). The predicted molar refractivity (Wildman–Crippen MR) is 62.9 cm³/mol. The maximum Gasteiger partial charge on any atom is 0.137 e. The van der Waals surface area contributed by atoms with Gasteiger partial charge in [0.05, 0.1) is 16.5 Å². The molecule has 0 aromatic carbocycles. The van der Waals surface area contributed by atoms with Crippen LogP contribution < -0.4 is 5.32 Å². The number of fused-ring (bicyclic) bond motifs is 1. The minimum Gasteiger partial charge on any atom is -0.309 e. The second-order valence-corrected chi connectivity index (χ2v) is 4.69. The van der Waals surface area contributed by atoms with E-state index in [9.17, 15) is 0 Å². The number of nitrogens with one attached hydrogen (secondary N) is 1. The van der Waals surface area contributed by atoms with Crippen LogP contribution in [0.3, 0.4) is 0 Å². The molecule has 1 aliphatic rings. The fourth-order valence-corrected chi connectivity index (χ4v) is 2.74. The first kappa shape index (κ1) is 9.36. The van der Waals surface area contributed by atoms with Crippen molar-refractivity contribution in [2.75, 3.05) is 6.54 Å². The first-order valence-electron chi connectivity index (χ1n) is 5.21. The highest BCUT2D eigenvalue weighted by Crippen LogP contribution is 2.26. The zero-order chi connectivity index (χ0) is 10.3. The van der Waals surface area contributed by atoms with Crippen molar-refractivity contribution in [3.8, 4) is 0 Å². The monoisotopic (exact) mass is 265 g/mol. The van der Waals surface area contributed by atoms with Gasteiger partial charge in [-0.1, -0.05) is 6.07 Å². The highest BCUT2D eigenvalue weighted by Gasteiger charge is 2.20. The summed E-state index contributed by atoms with van der Waals surface area (Å²) in [5.74, 6) is 0. The number of hydrogen-bond donors (Lipinski definition) is 1. The minimum absolute atomic E-state index is 0.457. The average molecular weight is 266 g/mol. The van der Waals surface area contributed by atoms with Gasteiger partial charge in [-0.25, -0.2) is 4.98 Å². The normalized spacial score (nSPS) is 21.3. The maximum atomic E-state index is 4.42. The fourth-order valence-electron chi connectivity index (χ4n) is 2.20. The van der Waals surface area contributed by atoms with E-state index in [-0.39, 0.29) is 0 Å². The second-order valence-electron chi connectivity index (χ2n) is 3.87. The molecular formula is C11H12BrN3. The zero-order valence-electron chi connectivity index (χ0n) is 8.28. The molecule has 78 valence electrons. The Morgan fingerprint density at radius 2 is 2.40 bits per heavy atom. The van der Waals surface area contributed by atoms with Gasteiger partial charge >= 0.3 is 0 Å². The van der Waals surface area contributed by atoms with Crippen LogP contribution in [-0.2, 0) is 0 Å². The van der Waals surface area contributed by atoms with E-state index in [2.05, 4.69) is 30.6 Å². The molecule has 0 saturated carbocycles. The first-order valence-corrected chi connectivity index (χ1v) is 6.01. The number of aromatic nitrogens is 2. The topological polar surface area (TPSA) is 29.3 Å². The van der Waals surface area contributed by atoms with Crippen LogP contribution in [0.2, 0.25) is 0 Å². The van der Waals surface area contributed by atoms with E-state index >= 15 is 0 Å². The SMILES string of the molecule is Brc1cccc2ncc(C3CCCN3)n12. The number of pyridine rings is 1. The molecule has 1 aliphatic heterocycles. The van der Waals surface area contributed by atoms with Crippen molar-refractivity contribution < 1.29 is 0 Å². The molecule has 1 atom stereocenters. The van der Waals surface area contributed by atoms with E-state index in [0.717, 1.165) is 16.8 Å². The summed E-state index contributed by atoms with van der Waals surface area (Å²) in [6.07, 6.45) is 4.43. The summed E-state index contributed by atoms with van der Waals surface area (Å²) in [6, 6.07) is 6.55. The van der Waals surface area contributed by atoms with Crippen molar-refractivity contribution in [3.05, 3.63) is 34.7 Å². The van der Waals surface area contributed by atoms with Crippen LogP contribution in [0.15, 0.2) is 29.0 Å². The Morgan fingerprint density at radius 3 is 3.20 bits per heavy atom. The largest absolute Gasteiger partial charge is 0.309 e. The molecule has 1 unspecified atom stereocenters.